The number of amides is 2. The molecule has 2 aromatic rings. The van der Waals surface area contributed by atoms with Gasteiger partial charge in [0, 0.05) is 15.7 Å². The zero-order valence-electron chi connectivity index (χ0n) is 21.5. The summed E-state index contributed by atoms with van der Waals surface area (Å²) in [5.41, 5.74) is 4.62. The molecule has 4 N–H and O–H groups in total. The van der Waals surface area contributed by atoms with Gasteiger partial charge < -0.3 is 34.7 Å². The van der Waals surface area contributed by atoms with Crippen molar-refractivity contribution in [1.82, 2.24) is 16.1 Å². The minimum Gasteiger partial charge on any atom is -0.493 e. The molecule has 204 valence electrons. The number of hydrogen-bond acceptors (Lipinski definition) is 9. The minimum atomic E-state index is -1.12. The number of methoxy groups -OCH3 is 1. The third-order valence-electron chi connectivity index (χ3n) is 5.37. The van der Waals surface area contributed by atoms with Crippen LogP contribution >= 0.6 is 15.9 Å². The standard InChI is InChI=1S/C26H31BrN4O7/c1-5-36-19-10-8-18(27)11-17(19)13-28-31-22(32)14-38-20-9-7-16(12-21(20)37-6-2)24-23(25(33)35-4)15(3)29-26(34)30-24/h7-13,22,24,31-32H,5-6,14H2,1-4H3,(H2,29,30,34)/b28-13-/t22-,24-/m0/s1. The van der Waals surface area contributed by atoms with Crippen LogP contribution in [0.25, 0.3) is 0 Å². The highest BCUT2D eigenvalue weighted by Crippen LogP contribution is 2.35. The normalized spacial score (nSPS) is 15.9. The van der Waals surface area contributed by atoms with Crippen molar-refractivity contribution in [3.05, 3.63) is 63.3 Å². The van der Waals surface area contributed by atoms with Crippen LogP contribution in [-0.4, -0.2) is 56.5 Å². The zero-order chi connectivity index (χ0) is 27.7. The van der Waals surface area contributed by atoms with E-state index < -0.39 is 24.3 Å². The third kappa shape index (κ3) is 7.39. The Morgan fingerprint density at radius 3 is 2.55 bits per heavy atom. The Kier molecular flexibility index (Phi) is 10.4. The number of ether oxygens (including phenoxy) is 4. The molecule has 0 fully saturated rings. The van der Waals surface area contributed by atoms with E-state index in [0.717, 1.165) is 10.0 Å². The van der Waals surface area contributed by atoms with Crippen molar-refractivity contribution >= 4 is 34.1 Å². The van der Waals surface area contributed by atoms with Gasteiger partial charge in [-0.05, 0) is 56.7 Å². The Morgan fingerprint density at radius 1 is 1.13 bits per heavy atom. The number of benzene rings is 2. The molecule has 0 bridgehead atoms. The van der Waals surface area contributed by atoms with E-state index in [1.54, 1.807) is 31.3 Å². The topological polar surface area (TPSA) is 140 Å². The van der Waals surface area contributed by atoms with Crippen molar-refractivity contribution in [2.24, 2.45) is 5.10 Å². The first-order valence-corrected chi connectivity index (χ1v) is 12.7. The number of carbonyl (C=O) groups excluding carboxylic acids is 2. The maximum absolute atomic E-state index is 12.4. The molecule has 0 aliphatic carbocycles. The molecule has 0 saturated carbocycles. The van der Waals surface area contributed by atoms with Crippen molar-refractivity contribution < 1.29 is 33.6 Å². The molecule has 2 amide bonds. The summed E-state index contributed by atoms with van der Waals surface area (Å²) in [5, 5.41) is 19.7. The third-order valence-corrected chi connectivity index (χ3v) is 5.86. The average Bonchev–Trinajstić information content (AvgIpc) is 2.89. The number of urea groups is 1. The van der Waals surface area contributed by atoms with Gasteiger partial charge in [-0.1, -0.05) is 22.0 Å². The van der Waals surface area contributed by atoms with E-state index in [0.29, 0.717) is 41.7 Å². The van der Waals surface area contributed by atoms with E-state index in [1.165, 1.54) is 7.11 Å². The fourth-order valence-corrected chi connectivity index (χ4v) is 4.10. The van der Waals surface area contributed by atoms with Gasteiger partial charge in [-0.3, -0.25) is 5.43 Å². The molecule has 0 aromatic heterocycles. The monoisotopic (exact) mass is 590 g/mol. The molecule has 1 aliphatic heterocycles. The lowest BCUT2D eigenvalue weighted by atomic mass is 9.95. The van der Waals surface area contributed by atoms with Crippen LogP contribution in [0.3, 0.4) is 0 Å². The summed E-state index contributed by atoms with van der Waals surface area (Å²) >= 11 is 3.42. The van der Waals surface area contributed by atoms with Crippen LogP contribution in [0.2, 0.25) is 0 Å². The number of hydrogen-bond donors (Lipinski definition) is 4. The van der Waals surface area contributed by atoms with E-state index in [4.69, 9.17) is 18.9 Å². The number of carbonyl (C=O) groups is 2. The highest BCUT2D eigenvalue weighted by molar-refractivity contribution is 9.10. The second-order valence-corrected chi connectivity index (χ2v) is 8.95. The largest absolute Gasteiger partial charge is 0.493 e. The SMILES string of the molecule is CCOc1ccc(Br)cc1/C=N\N[C@@H](O)COc1ccc([C@@H]2NC(=O)NC(C)=C2C(=O)OC)cc1OCC. The van der Waals surface area contributed by atoms with Crippen molar-refractivity contribution in [3.63, 3.8) is 0 Å². The van der Waals surface area contributed by atoms with Crippen molar-refractivity contribution in [1.29, 1.82) is 0 Å². The first-order valence-electron chi connectivity index (χ1n) is 11.9. The summed E-state index contributed by atoms with van der Waals surface area (Å²) in [4.78, 5) is 24.5. The molecule has 11 nitrogen and oxygen atoms in total. The van der Waals surface area contributed by atoms with Crippen LogP contribution in [0.4, 0.5) is 4.79 Å². The van der Waals surface area contributed by atoms with Gasteiger partial charge in [-0.25, -0.2) is 9.59 Å². The molecule has 12 heteroatoms. The summed E-state index contributed by atoms with van der Waals surface area (Å²) in [5.74, 6) is 0.848. The first kappa shape index (κ1) is 28.8. The van der Waals surface area contributed by atoms with Crippen LogP contribution in [0.1, 0.15) is 37.9 Å². The molecule has 2 atom stereocenters. The summed E-state index contributed by atoms with van der Waals surface area (Å²) in [6.07, 6.45) is 0.421. The second kappa shape index (κ2) is 13.7. The molecule has 38 heavy (non-hydrogen) atoms. The Bertz CT molecular complexity index is 1220. The maximum atomic E-state index is 12.4. The van der Waals surface area contributed by atoms with Gasteiger partial charge in [0.15, 0.2) is 17.7 Å². The molecule has 0 radical (unpaired) electrons. The lowest BCUT2D eigenvalue weighted by Gasteiger charge is -2.28. The lowest BCUT2D eigenvalue weighted by molar-refractivity contribution is -0.136. The van der Waals surface area contributed by atoms with E-state index in [-0.39, 0.29) is 12.2 Å². The predicted molar refractivity (Wildman–Crippen MR) is 144 cm³/mol. The Hall–Kier alpha value is -3.77. The van der Waals surface area contributed by atoms with Crippen LogP contribution in [0.5, 0.6) is 17.2 Å². The second-order valence-electron chi connectivity index (χ2n) is 8.03. The molecule has 1 heterocycles. The molecular formula is C26H31BrN4O7. The van der Waals surface area contributed by atoms with Crippen molar-refractivity contribution in [2.75, 3.05) is 26.9 Å². The van der Waals surface area contributed by atoms with E-state index in [9.17, 15) is 14.7 Å². The molecular weight excluding hydrogens is 560 g/mol. The fraction of sp³-hybridized carbons (Fsp3) is 0.346. The molecule has 0 saturated heterocycles. The molecule has 0 spiro atoms. The number of nitrogens with zero attached hydrogens (tertiary/aromatic N) is 1. The van der Waals surface area contributed by atoms with Crippen molar-refractivity contribution in [2.45, 2.75) is 33.0 Å². The Balaban J connectivity index is 1.71. The predicted octanol–water partition coefficient (Wildman–Crippen LogP) is 3.37. The number of rotatable bonds is 12. The first-order chi connectivity index (χ1) is 18.3. The summed E-state index contributed by atoms with van der Waals surface area (Å²) in [6, 6.07) is 9.37. The maximum Gasteiger partial charge on any atom is 0.337 e. The number of hydrazone groups is 1. The Morgan fingerprint density at radius 2 is 1.84 bits per heavy atom. The highest BCUT2D eigenvalue weighted by Gasteiger charge is 2.32. The van der Waals surface area contributed by atoms with Gasteiger partial charge in [-0.2, -0.15) is 5.10 Å². The molecule has 2 aromatic carbocycles. The fourth-order valence-electron chi connectivity index (χ4n) is 3.72. The van der Waals surface area contributed by atoms with Gasteiger partial charge in [0.1, 0.15) is 12.4 Å². The summed E-state index contributed by atoms with van der Waals surface area (Å²) in [6.45, 7) is 6.06. The number of esters is 1. The zero-order valence-corrected chi connectivity index (χ0v) is 23.1. The van der Waals surface area contributed by atoms with Gasteiger partial charge in [0.25, 0.3) is 0 Å². The molecule has 3 rings (SSSR count). The average molecular weight is 591 g/mol. The van der Waals surface area contributed by atoms with E-state index in [1.807, 2.05) is 32.0 Å². The van der Waals surface area contributed by atoms with Crippen molar-refractivity contribution in [3.8, 4) is 17.2 Å². The van der Waals surface area contributed by atoms with Gasteiger partial charge in [0.05, 0.1) is 38.2 Å². The van der Waals surface area contributed by atoms with E-state index in [2.05, 4.69) is 37.1 Å². The molecule has 0 unspecified atom stereocenters. The summed E-state index contributed by atoms with van der Waals surface area (Å²) < 4.78 is 22.8. The number of allylic oxidation sites excluding steroid dienone is 1. The Labute approximate surface area is 229 Å². The highest BCUT2D eigenvalue weighted by atomic mass is 79.9. The summed E-state index contributed by atoms with van der Waals surface area (Å²) in [7, 11) is 1.28. The lowest BCUT2D eigenvalue weighted by Crippen LogP contribution is -2.45. The smallest absolute Gasteiger partial charge is 0.337 e. The molecule has 1 aliphatic rings. The number of halogens is 1. The van der Waals surface area contributed by atoms with Gasteiger partial charge in [-0.15, -0.1) is 0 Å². The van der Waals surface area contributed by atoms with E-state index >= 15 is 0 Å². The number of nitrogens with one attached hydrogen (secondary N) is 3. The minimum absolute atomic E-state index is 0.135. The van der Waals surface area contributed by atoms with Crippen LogP contribution < -0.4 is 30.3 Å². The van der Waals surface area contributed by atoms with Crippen LogP contribution in [-0.2, 0) is 9.53 Å². The number of aliphatic hydroxyl groups is 1. The number of aliphatic hydroxyl groups excluding tert-OH is 1. The van der Waals surface area contributed by atoms with Crippen LogP contribution in [0, 0.1) is 0 Å². The van der Waals surface area contributed by atoms with Gasteiger partial charge >= 0.3 is 12.0 Å². The van der Waals surface area contributed by atoms with Gasteiger partial charge in [0.2, 0.25) is 0 Å². The quantitative estimate of drug-likeness (QED) is 0.128. The van der Waals surface area contributed by atoms with Crippen LogP contribution in [0.15, 0.2) is 57.2 Å².